The van der Waals surface area contributed by atoms with E-state index >= 15 is 0 Å². The monoisotopic (exact) mass is 416 g/mol. The van der Waals surface area contributed by atoms with Crippen LogP contribution in [0.25, 0.3) is 0 Å². The summed E-state index contributed by atoms with van der Waals surface area (Å²) in [6, 6.07) is 7.80. The van der Waals surface area contributed by atoms with Crippen molar-refractivity contribution in [3.63, 3.8) is 0 Å². The van der Waals surface area contributed by atoms with Crippen molar-refractivity contribution in [3.8, 4) is 0 Å². The molecule has 3 N–H and O–H groups in total. The summed E-state index contributed by atoms with van der Waals surface area (Å²) >= 11 is 1.51. The molecule has 0 aliphatic carbocycles. The predicted molar refractivity (Wildman–Crippen MR) is 109 cm³/mol. The third-order valence-corrected chi connectivity index (χ3v) is 4.77. The van der Waals surface area contributed by atoms with Crippen LogP contribution in [0, 0.1) is 5.82 Å². The van der Waals surface area contributed by atoms with Crippen molar-refractivity contribution in [2.24, 2.45) is 10.7 Å². The van der Waals surface area contributed by atoms with Gasteiger partial charge in [0.2, 0.25) is 0 Å². The number of anilines is 1. The number of nitrogens with two attached hydrogens (primary N) is 1. The number of nitrogens with zero attached hydrogens (tertiary/aromatic N) is 2. The first-order chi connectivity index (χ1) is 11.5. The molecule has 0 bridgehead atoms. The van der Waals surface area contributed by atoms with Crippen molar-refractivity contribution >= 4 is 53.3 Å². The van der Waals surface area contributed by atoms with E-state index in [0.717, 1.165) is 17.7 Å². The van der Waals surface area contributed by atoms with Crippen LogP contribution in [0.15, 0.2) is 47.7 Å². The molecule has 1 aliphatic rings. The Balaban J connectivity index is 0.00000169. The molecule has 0 radical (unpaired) electrons. The number of amides is 1. The van der Waals surface area contributed by atoms with Gasteiger partial charge in [0.1, 0.15) is 5.82 Å². The third-order valence-electron chi connectivity index (χ3n) is 3.97. The summed E-state index contributed by atoms with van der Waals surface area (Å²) < 4.78 is 14.1. The Hall–Kier alpha value is -1.83. The average molecular weight is 417 g/mol. The van der Waals surface area contributed by atoms with Gasteiger partial charge >= 0.3 is 0 Å². The van der Waals surface area contributed by atoms with E-state index in [9.17, 15) is 9.18 Å². The number of rotatable bonds is 3. The maximum Gasteiger partial charge on any atom is 0.255 e. The lowest BCUT2D eigenvalue weighted by Crippen LogP contribution is -2.29. The number of carbonyl (C=O) groups is 1. The zero-order valence-electron chi connectivity index (χ0n) is 13.9. The number of aliphatic imine (C=N–C) groups is 1. The number of hydrogen-bond acceptors (Lipinski definition) is 5. The van der Waals surface area contributed by atoms with Crippen LogP contribution in [-0.2, 0) is 5.54 Å². The zero-order chi connectivity index (χ0) is 17.2. The Morgan fingerprint density at radius 1 is 1.27 bits per heavy atom. The quantitative estimate of drug-likeness (QED) is 0.792. The molecule has 0 spiro atoms. The minimum Gasteiger partial charge on any atom is -0.379 e. The topological polar surface area (TPSA) is 80.4 Å². The maximum absolute atomic E-state index is 14.1. The number of amidine groups is 1. The van der Waals surface area contributed by atoms with Crippen molar-refractivity contribution in [2.45, 2.75) is 18.9 Å². The van der Waals surface area contributed by atoms with E-state index in [0.29, 0.717) is 10.7 Å². The van der Waals surface area contributed by atoms with E-state index in [1.165, 1.54) is 30.2 Å². The Morgan fingerprint density at radius 2 is 1.96 bits per heavy atom. The van der Waals surface area contributed by atoms with Gasteiger partial charge in [0.05, 0.1) is 11.2 Å². The lowest BCUT2D eigenvalue weighted by atomic mass is 9.89. The van der Waals surface area contributed by atoms with Gasteiger partial charge in [0, 0.05) is 23.7 Å². The largest absolute Gasteiger partial charge is 0.379 e. The van der Waals surface area contributed by atoms with Crippen molar-refractivity contribution < 1.29 is 9.18 Å². The standard InChI is InChI=1S/C17H17FN4OS.2ClH/c1-17(6-9-24-16(19)22-17)12-2-3-13(18)14(10-12)21-15(23)11-4-7-20-8-5-11;;/h2-5,7-8,10H,6,9H2,1H3,(H2,19,22)(H,21,23);2*1H. The molecule has 2 aromatic rings. The first kappa shape index (κ1) is 22.2. The summed E-state index contributed by atoms with van der Waals surface area (Å²) in [4.78, 5) is 20.6. The molecule has 140 valence electrons. The fraction of sp³-hybridized carbons (Fsp3) is 0.235. The highest BCUT2D eigenvalue weighted by molar-refractivity contribution is 8.13. The van der Waals surface area contributed by atoms with Crippen LogP contribution < -0.4 is 11.1 Å². The Morgan fingerprint density at radius 3 is 2.62 bits per heavy atom. The second-order valence-corrected chi connectivity index (χ2v) is 6.82. The third kappa shape index (κ3) is 4.87. The number of thioether (sulfide) groups is 1. The van der Waals surface area contributed by atoms with Gasteiger partial charge in [0.25, 0.3) is 5.91 Å². The minimum absolute atomic E-state index is 0. The van der Waals surface area contributed by atoms with E-state index in [1.54, 1.807) is 24.3 Å². The lowest BCUT2D eigenvalue weighted by molar-refractivity contribution is 0.102. The van der Waals surface area contributed by atoms with Crippen LogP contribution in [0.3, 0.4) is 0 Å². The van der Waals surface area contributed by atoms with Gasteiger partial charge < -0.3 is 11.1 Å². The summed E-state index contributed by atoms with van der Waals surface area (Å²) in [5, 5.41) is 3.13. The van der Waals surface area contributed by atoms with Gasteiger partial charge in [-0.05, 0) is 43.2 Å². The van der Waals surface area contributed by atoms with Crippen LogP contribution in [0.1, 0.15) is 29.3 Å². The van der Waals surface area contributed by atoms with Gasteiger partial charge in [-0.2, -0.15) is 0 Å². The highest BCUT2D eigenvalue weighted by atomic mass is 35.5. The summed E-state index contributed by atoms with van der Waals surface area (Å²) in [5.74, 6) is -0.0326. The van der Waals surface area contributed by atoms with Gasteiger partial charge in [-0.1, -0.05) is 17.8 Å². The molecule has 0 saturated carbocycles. The number of nitrogens with one attached hydrogen (secondary N) is 1. The van der Waals surface area contributed by atoms with E-state index in [-0.39, 0.29) is 36.4 Å². The maximum atomic E-state index is 14.1. The summed E-state index contributed by atoms with van der Waals surface area (Å²) in [6.07, 6.45) is 3.82. The summed E-state index contributed by atoms with van der Waals surface area (Å²) in [7, 11) is 0. The molecule has 5 nitrogen and oxygen atoms in total. The van der Waals surface area contributed by atoms with Crippen molar-refractivity contribution in [3.05, 3.63) is 59.7 Å². The summed E-state index contributed by atoms with van der Waals surface area (Å²) in [6.45, 7) is 1.96. The minimum atomic E-state index is -0.515. The zero-order valence-corrected chi connectivity index (χ0v) is 16.4. The SMILES string of the molecule is CC1(c2ccc(F)c(NC(=O)c3ccncc3)c2)CCSC(N)=N1.Cl.Cl. The molecule has 0 saturated heterocycles. The predicted octanol–water partition coefficient (Wildman–Crippen LogP) is 3.98. The first-order valence-corrected chi connectivity index (χ1v) is 8.46. The van der Waals surface area contributed by atoms with Gasteiger partial charge in [0.15, 0.2) is 5.17 Å². The molecule has 2 heterocycles. The Labute approximate surface area is 167 Å². The lowest BCUT2D eigenvalue weighted by Gasteiger charge is -2.30. The molecular formula is C17H19Cl2FN4OS. The fourth-order valence-corrected chi connectivity index (χ4v) is 3.52. The highest BCUT2D eigenvalue weighted by Gasteiger charge is 2.30. The van der Waals surface area contributed by atoms with Gasteiger partial charge in [-0.25, -0.2) is 4.39 Å². The second kappa shape index (κ2) is 9.21. The number of pyridine rings is 1. The summed E-state index contributed by atoms with van der Waals surface area (Å²) in [5.41, 5.74) is 6.68. The van der Waals surface area contributed by atoms with E-state index < -0.39 is 11.4 Å². The molecule has 26 heavy (non-hydrogen) atoms. The molecule has 1 unspecified atom stereocenters. The first-order valence-electron chi connectivity index (χ1n) is 7.47. The highest BCUT2D eigenvalue weighted by Crippen LogP contribution is 2.36. The molecule has 3 rings (SSSR count). The number of benzene rings is 1. The van der Waals surface area contributed by atoms with Crippen molar-refractivity contribution in [2.75, 3.05) is 11.1 Å². The molecule has 0 fully saturated rings. The molecule has 1 aliphatic heterocycles. The van der Waals surface area contributed by atoms with Crippen LogP contribution in [-0.4, -0.2) is 21.8 Å². The Bertz CT molecular complexity index is 807. The molecule has 1 aromatic heterocycles. The number of aromatic nitrogens is 1. The van der Waals surface area contributed by atoms with Crippen molar-refractivity contribution in [1.82, 2.24) is 4.98 Å². The molecule has 1 aromatic carbocycles. The molecule has 1 amide bonds. The van der Waals surface area contributed by atoms with E-state index in [1.807, 2.05) is 6.92 Å². The Kier molecular flexibility index (Phi) is 7.87. The molecular weight excluding hydrogens is 398 g/mol. The number of hydrogen-bond donors (Lipinski definition) is 2. The van der Waals surface area contributed by atoms with Gasteiger partial charge in [-0.15, -0.1) is 24.8 Å². The van der Waals surface area contributed by atoms with Crippen molar-refractivity contribution in [1.29, 1.82) is 0 Å². The van der Waals surface area contributed by atoms with Crippen LogP contribution in [0.4, 0.5) is 10.1 Å². The number of halogens is 3. The number of carbonyl (C=O) groups excluding carboxylic acids is 1. The van der Waals surface area contributed by atoms with E-state index in [4.69, 9.17) is 5.73 Å². The van der Waals surface area contributed by atoms with Gasteiger partial charge in [-0.3, -0.25) is 14.8 Å². The van der Waals surface area contributed by atoms with Crippen LogP contribution in [0.5, 0.6) is 0 Å². The van der Waals surface area contributed by atoms with Crippen LogP contribution in [0.2, 0.25) is 0 Å². The second-order valence-electron chi connectivity index (χ2n) is 5.71. The fourth-order valence-electron chi connectivity index (χ4n) is 2.55. The van der Waals surface area contributed by atoms with Crippen LogP contribution >= 0.6 is 36.6 Å². The normalized spacial score (nSPS) is 18.8. The molecule has 9 heteroatoms. The smallest absolute Gasteiger partial charge is 0.255 e. The molecule has 1 atom stereocenters. The van der Waals surface area contributed by atoms with E-state index in [2.05, 4.69) is 15.3 Å². The average Bonchev–Trinajstić information content (AvgIpc) is 2.57.